The fraction of sp³-hybridized carbons (Fsp3) is 0.133. The van der Waals surface area contributed by atoms with E-state index in [1.807, 2.05) is 97.1 Å². The summed E-state index contributed by atoms with van der Waals surface area (Å²) in [6.45, 7) is 0. The minimum atomic E-state index is -1.13. The van der Waals surface area contributed by atoms with Crippen LogP contribution < -0.4 is 0 Å². The Balaban J connectivity index is 1.65. The largest absolute Gasteiger partial charge is 0.467 e. The molecule has 2 atom stereocenters. The van der Waals surface area contributed by atoms with Gasteiger partial charge in [-0.3, -0.25) is 4.99 Å². The minimum absolute atomic E-state index is 0.456. The van der Waals surface area contributed by atoms with Crippen LogP contribution >= 0.6 is 0 Å². The lowest BCUT2D eigenvalue weighted by atomic mass is 9.83. The average Bonchev–Trinajstić information content (AvgIpc) is 3.21. The highest BCUT2D eigenvalue weighted by atomic mass is 16.5. The summed E-state index contributed by atoms with van der Waals surface area (Å²) in [4.78, 5) is 17.9. The fourth-order valence-electron chi connectivity index (χ4n) is 4.75. The van der Waals surface area contributed by atoms with E-state index in [1.54, 1.807) is 0 Å². The summed E-state index contributed by atoms with van der Waals surface area (Å²) in [6, 6.07) is 34.3. The topological polar surface area (TPSA) is 58.9 Å². The summed E-state index contributed by atoms with van der Waals surface area (Å²) >= 11 is 0. The van der Waals surface area contributed by atoms with Crippen LogP contribution in [0.5, 0.6) is 0 Å². The van der Waals surface area contributed by atoms with E-state index in [1.165, 1.54) is 7.11 Å². The SMILES string of the molecule is COC(=O)C(N=C1c2ccccc2-c2ccccc21)C(O)C(c1ccccc1)c1ccccc1. The molecular formula is C30H25NO3. The Kier molecular flexibility index (Phi) is 6.07. The molecule has 0 saturated carbocycles. The normalized spacial score (nSPS) is 13.7. The lowest BCUT2D eigenvalue weighted by molar-refractivity contribution is -0.145. The highest BCUT2D eigenvalue weighted by Gasteiger charge is 2.37. The second kappa shape index (κ2) is 9.46. The van der Waals surface area contributed by atoms with Crippen molar-refractivity contribution in [3.8, 4) is 11.1 Å². The molecule has 0 fully saturated rings. The molecule has 0 amide bonds. The standard InChI is InChI=1S/C30H25NO3/c1-34-30(33)28(29(32)26(20-12-4-2-5-13-20)21-14-6-3-7-15-21)31-27-24-18-10-8-16-22(24)23-17-9-11-19-25(23)27/h2-19,26,28-29,32H,1H3. The van der Waals surface area contributed by atoms with Crippen LogP contribution in [0.3, 0.4) is 0 Å². The van der Waals surface area contributed by atoms with E-state index in [9.17, 15) is 9.90 Å². The number of fused-ring (bicyclic) bond motifs is 3. The number of methoxy groups -OCH3 is 1. The van der Waals surface area contributed by atoms with Crippen LogP contribution in [0, 0.1) is 0 Å². The first-order chi connectivity index (χ1) is 16.7. The Morgan fingerprint density at radius 2 is 1.09 bits per heavy atom. The molecule has 0 spiro atoms. The van der Waals surface area contributed by atoms with Gasteiger partial charge in [0.15, 0.2) is 6.04 Å². The monoisotopic (exact) mass is 447 g/mol. The van der Waals surface area contributed by atoms with Crippen LogP contribution in [0.1, 0.15) is 28.2 Å². The van der Waals surface area contributed by atoms with E-state index in [-0.39, 0.29) is 0 Å². The number of carbonyl (C=O) groups is 1. The zero-order valence-corrected chi connectivity index (χ0v) is 18.8. The third kappa shape index (κ3) is 3.93. The molecule has 0 bridgehead atoms. The maximum absolute atomic E-state index is 13.0. The Bertz CT molecular complexity index is 1240. The van der Waals surface area contributed by atoms with Crippen molar-refractivity contribution in [2.75, 3.05) is 7.11 Å². The Morgan fingerprint density at radius 1 is 0.676 bits per heavy atom. The van der Waals surface area contributed by atoms with Crippen LogP contribution in [0.4, 0.5) is 0 Å². The molecule has 0 heterocycles. The van der Waals surface area contributed by atoms with Gasteiger partial charge in [0.2, 0.25) is 0 Å². The number of hydrogen-bond donors (Lipinski definition) is 1. The molecule has 168 valence electrons. The highest BCUT2D eigenvalue weighted by Crippen LogP contribution is 2.38. The van der Waals surface area contributed by atoms with E-state index in [4.69, 9.17) is 9.73 Å². The molecular weight excluding hydrogens is 422 g/mol. The number of benzene rings is 4. The molecule has 0 aromatic heterocycles. The number of ether oxygens (including phenoxy) is 1. The fourth-order valence-corrected chi connectivity index (χ4v) is 4.75. The zero-order valence-electron chi connectivity index (χ0n) is 18.8. The van der Waals surface area contributed by atoms with Gasteiger partial charge in [0.25, 0.3) is 0 Å². The van der Waals surface area contributed by atoms with Crippen molar-refractivity contribution in [1.82, 2.24) is 0 Å². The Morgan fingerprint density at radius 3 is 1.53 bits per heavy atom. The predicted octanol–water partition coefficient (Wildman–Crippen LogP) is 5.24. The number of aliphatic hydroxyl groups excluding tert-OH is 1. The van der Waals surface area contributed by atoms with Crippen LogP contribution in [0.25, 0.3) is 11.1 Å². The number of rotatable bonds is 6. The van der Waals surface area contributed by atoms with Crippen LogP contribution in [0.2, 0.25) is 0 Å². The molecule has 0 aliphatic heterocycles. The van der Waals surface area contributed by atoms with Crippen molar-refractivity contribution in [3.05, 3.63) is 131 Å². The van der Waals surface area contributed by atoms with Gasteiger partial charge in [0.05, 0.1) is 18.9 Å². The van der Waals surface area contributed by atoms with E-state index in [0.717, 1.165) is 33.4 Å². The molecule has 1 aliphatic carbocycles. The van der Waals surface area contributed by atoms with Crippen LogP contribution in [-0.2, 0) is 9.53 Å². The summed E-state index contributed by atoms with van der Waals surface area (Å²) in [5.41, 5.74) is 6.53. The molecule has 0 radical (unpaired) electrons. The average molecular weight is 448 g/mol. The maximum Gasteiger partial charge on any atom is 0.333 e. The van der Waals surface area contributed by atoms with Gasteiger partial charge in [0.1, 0.15) is 0 Å². The number of aliphatic imine (C=N–C) groups is 1. The number of esters is 1. The van der Waals surface area contributed by atoms with Crippen molar-refractivity contribution >= 4 is 11.7 Å². The third-order valence-corrected chi connectivity index (χ3v) is 6.35. The first kappa shape index (κ1) is 21.8. The first-order valence-corrected chi connectivity index (χ1v) is 11.3. The molecule has 1 aliphatic rings. The number of aliphatic hydroxyl groups is 1. The maximum atomic E-state index is 13.0. The Labute approximate surface area is 199 Å². The molecule has 1 N–H and O–H groups in total. The summed E-state index contributed by atoms with van der Waals surface area (Å²) in [6.07, 6.45) is -1.13. The summed E-state index contributed by atoms with van der Waals surface area (Å²) < 4.78 is 5.14. The van der Waals surface area contributed by atoms with E-state index < -0.39 is 24.0 Å². The van der Waals surface area contributed by atoms with Gasteiger partial charge in [-0.1, -0.05) is 109 Å². The summed E-state index contributed by atoms with van der Waals surface area (Å²) in [5, 5.41) is 11.7. The summed E-state index contributed by atoms with van der Waals surface area (Å²) in [7, 11) is 1.33. The quantitative estimate of drug-likeness (QED) is 0.362. The van der Waals surface area contributed by atoms with Crippen LogP contribution in [-0.4, -0.2) is 36.0 Å². The number of carbonyl (C=O) groups excluding carboxylic acids is 1. The molecule has 34 heavy (non-hydrogen) atoms. The first-order valence-electron chi connectivity index (χ1n) is 11.3. The van der Waals surface area contributed by atoms with Gasteiger partial charge in [-0.2, -0.15) is 0 Å². The minimum Gasteiger partial charge on any atom is -0.467 e. The van der Waals surface area contributed by atoms with Crippen LogP contribution in [0.15, 0.2) is 114 Å². The lowest BCUT2D eigenvalue weighted by Gasteiger charge is -2.28. The highest BCUT2D eigenvalue weighted by molar-refractivity contribution is 6.24. The number of hydrogen-bond acceptors (Lipinski definition) is 4. The smallest absolute Gasteiger partial charge is 0.333 e. The van der Waals surface area contributed by atoms with E-state index in [2.05, 4.69) is 12.1 Å². The van der Waals surface area contributed by atoms with E-state index in [0.29, 0.717) is 5.71 Å². The van der Waals surface area contributed by atoms with Crippen molar-refractivity contribution < 1.29 is 14.6 Å². The molecule has 4 nitrogen and oxygen atoms in total. The van der Waals surface area contributed by atoms with Crippen molar-refractivity contribution in [2.24, 2.45) is 4.99 Å². The third-order valence-electron chi connectivity index (χ3n) is 6.35. The van der Waals surface area contributed by atoms with Gasteiger partial charge in [0, 0.05) is 17.0 Å². The van der Waals surface area contributed by atoms with Gasteiger partial charge in [-0.25, -0.2) is 4.79 Å². The van der Waals surface area contributed by atoms with Gasteiger partial charge >= 0.3 is 5.97 Å². The zero-order chi connectivity index (χ0) is 23.5. The number of nitrogens with zero attached hydrogens (tertiary/aromatic N) is 1. The van der Waals surface area contributed by atoms with E-state index >= 15 is 0 Å². The van der Waals surface area contributed by atoms with Crippen molar-refractivity contribution in [3.63, 3.8) is 0 Å². The summed E-state index contributed by atoms with van der Waals surface area (Å²) in [5.74, 6) is -1.03. The molecule has 4 aromatic carbocycles. The predicted molar refractivity (Wildman–Crippen MR) is 134 cm³/mol. The van der Waals surface area contributed by atoms with Crippen molar-refractivity contribution in [1.29, 1.82) is 0 Å². The van der Waals surface area contributed by atoms with Gasteiger partial charge in [-0.05, 0) is 22.3 Å². The molecule has 4 aromatic rings. The molecule has 5 rings (SSSR count). The Hall–Kier alpha value is -4.02. The van der Waals surface area contributed by atoms with Crippen molar-refractivity contribution in [2.45, 2.75) is 18.1 Å². The molecule has 2 unspecified atom stereocenters. The molecule has 0 saturated heterocycles. The van der Waals surface area contributed by atoms with Gasteiger partial charge < -0.3 is 9.84 Å². The van der Waals surface area contributed by atoms with Gasteiger partial charge in [-0.15, -0.1) is 0 Å². The lowest BCUT2D eigenvalue weighted by Crippen LogP contribution is -2.39. The second-order valence-electron chi connectivity index (χ2n) is 8.33. The molecule has 4 heteroatoms. The second-order valence-corrected chi connectivity index (χ2v) is 8.33.